The van der Waals surface area contributed by atoms with Crippen molar-refractivity contribution in [1.29, 1.82) is 0 Å². The first kappa shape index (κ1) is 13.8. The lowest BCUT2D eigenvalue weighted by Gasteiger charge is -2.19. The Labute approximate surface area is 104 Å². The molecule has 0 saturated carbocycles. The first-order valence-electron chi connectivity index (χ1n) is 5.40. The quantitative estimate of drug-likeness (QED) is 0.804. The van der Waals surface area contributed by atoms with Crippen molar-refractivity contribution in [2.45, 2.75) is 6.92 Å². The molecule has 3 amide bonds. The number of anilines is 1. The van der Waals surface area contributed by atoms with Crippen LogP contribution in [0, 0.1) is 0 Å². The van der Waals surface area contributed by atoms with Crippen molar-refractivity contribution in [3.05, 3.63) is 18.6 Å². The van der Waals surface area contributed by atoms with Crippen LogP contribution >= 0.6 is 0 Å². The molecule has 0 aliphatic rings. The number of hydrogen-bond acceptors (Lipinski definition) is 6. The van der Waals surface area contributed by atoms with Crippen molar-refractivity contribution >= 4 is 17.9 Å². The number of amides is 3. The van der Waals surface area contributed by atoms with Gasteiger partial charge in [0.25, 0.3) is 0 Å². The highest BCUT2D eigenvalue weighted by Gasteiger charge is 2.22. The van der Waals surface area contributed by atoms with E-state index in [1.165, 1.54) is 18.6 Å². The molecule has 0 atom stereocenters. The number of nitrogens with one attached hydrogen (secondary N) is 1. The fourth-order valence-corrected chi connectivity index (χ4v) is 1.15. The minimum absolute atomic E-state index is 0.0604. The molecule has 8 heteroatoms. The Morgan fingerprint density at radius 3 is 2.83 bits per heavy atom. The number of aromatic nitrogens is 2. The summed E-state index contributed by atoms with van der Waals surface area (Å²) in [5, 5.41) is 2.42. The molecule has 3 N–H and O–H groups in total. The average molecular weight is 253 g/mol. The van der Waals surface area contributed by atoms with Gasteiger partial charge in [0.05, 0.1) is 12.8 Å². The molecule has 1 aromatic heterocycles. The van der Waals surface area contributed by atoms with Gasteiger partial charge in [0.15, 0.2) is 5.82 Å². The molecule has 0 saturated heterocycles. The summed E-state index contributed by atoms with van der Waals surface area (Å²) in [6.07, 6.45) is 3.51. The van der Waals surface area contributed by atoms with Crippen LogP contribution in [-0.4, -0.2) is 46.7 Å². The standard InChI is InChI=1S/C10H15N5O3/c1-2-18-10(17)15(6-3-11)9(16)14-8-7-12-4-5-13-8/h4-5,7H,2-3,6,11H2,1H3,(H,13,14,16). The summed E-state index contributed by atoms with van der Waals surface area (Å²) in [6.45, 7) is 2.04. The van der Waals surface area contributed by atoms with Crippen LogP contribution in [-0.2, 0) is 4.74 Å². The van der Waals surface area contributed by atoms with Gasteiger partial charge in [-0.1, -0.05) is 0 Å². The van der Waals surface area contributed by atoms with Crippen LogP contribution in [0.15, 0.2) is 18.6 Å². The largest absolute Gasteiger partial charge is 0.449 e. The minimum atomic E-state index is -0.746. The molecule has 0 aliphatic heterocycles. The Kier molecular flexibility index (Phi) is 5.52. The van der Waals surface area contributed by atoms with Crippen LogP contribution in [0.25, 0.3) is 0 Å². The Morgan fingerprint density at radius 1 is 1.50 bits per heavy atom. The molecule has 1 rings (SSSR count). The number of carbonyl (C=O) groups is 2. The molecule has 0 unspecified atom stereocenters. The van der Waals surface area contributed by atoms with E-state index < -0.39 is 12.1 Å². The third kappa shape index (κ3) is 3.98. The highest BCUT2D eigenvalue weighted by atomic mass is 16.6. The van der Waals surface area contributed by atoms with E-state index in [0.717, 1.165) is 4.90 Å². The fourth-order valence-electron chi connectivity index (χ4n) is 1.15. The zero-order valence-electron chi connectivity index (χ0n) is 10.00. The number of imide groups is 1. The molecular weight excluding hydrogens is 238 g/mol. The third-order valence-corrected chi connectivity index (χ3v) is 1.88. The van der Waals surface area contributed by atoms with Gasteiger partial charge in [-0.2, -0.15) is 0 Å². The summed E-state index contributed by atoms with van der Waals surface area (Å²) in [7, 11) is 0. The van der Waals surface area contributed by atoms with Gasteiger partial charge < -0.3 is 10.5 Å². The van der Waals surface area contributed by atoms with Crippen molar-refractivity contribution < 1.29 is 14.3 Å². The molecule has 98 valence electrons. The van der Waals surface area contributed by atoms with Crippen LogP contribution in [0.5, 0.6) is 0 Å². The van der Waals surface area contributed by atoms with Gasteiger partial charge in [-0.3, -0.25) is 10.3 Å². The van der Waals surface area contributed by atoms with Crippen LogP contribution in [0.2, 0.25) is 0 Å². The van der Waals surface area contributed by atoms with E-state index in [0.29, 0.717) is 0 Å². The number of nitrogens with zero attached hydrogens (tertiary/aromatic N) is 3. The smallest absolute Gasteiger partial charge is 0.418 e. The zero-order chi connectivity index (χ0) is 13.4. The number of ether oxygens (including phenoxy) is 1. The fraction of sp³-hybridized carbons (Fsp3) is 0.400. The predicted octanol–water partition coefficient (Wildman–Crippen LogP) is 0.426. The maximum Gasteiger partial charge on any atom is 0.418 e. The first-order valence-corrected chi connectivity index (χ1v) is 5.40. The van der Waals surface area contributed by atoms with Gasteiger partial charge in [0, 0.05) is 25.5 Å². The summed E-state index contributed by atoms with van der Waals surface area (Å²) < 4.78 is 4.75. The minimum Gasteiger partial charge on any atom is -0.449 e. The van der Waals surface area contributed by atoms with Crippen LogP contribution < -0.4 is 11.1 Å². The van der Waals surface area contributed by atoms with E-state index in [9.17, 15) is 9.59 Å². The zero-order valence-corrected chi connectivity index (χ0v) is 10.00. The van der Waals surface area contributed by atoms with Crippen LogP contribution in [0.1, 0.15) is 6.92 Å². The SMILES string of the molecule is CCOC(=O)N(CCN)C(=O)Nc1cnccn1. The van der Waals surface area contributed by atoms with Gasteiger partial charge in [-0.25, -0.2) is 19.5 Å². The van der Waals surface area contributed by atoms with Gasteiger partial charge in [0.1, 0.15) is 0 Å². The Balaban J connectivity index is 2.68. The van der Waals surface area contributed by atoms with Gasteiger partial charge in [-0.15, -0.1) is 0 Å². The Bertz CT molecular complexity index is 398. The average Bonchev–Trinajstić information content (AvgIpc) is 2.37. The number of hydrogen-bond donors (Lipinski definition) is 2. The highest BCUT2D eigenvalue weighted by Crippen LogP contribution is 2.02. The van der Waals surface area contributed by atoms with Crippen molar-refractivity contribution in [3.8, 4) is 0 Å². The van der Waals surface area contributed by atoms with Gasteiger partial charge in [0.2, 0.25) is 0 Å². The van der Waals surface area contributed by atoms with Crippen LogP contribution in [0.4, 0.5) is 15.4 Å². The molecular formula is C10H15N5O3. The van der Waals surface area contributed by atoms with E-state index in [4.69, 9.17) is 10.5 Å². The molecule has 0 radical (unpaired) electrons. The summed E-state index contributed by atoms with van der Waals surface area (Å²) >= 11 is 0. The normalized spacial score (nSPS) is 9.67. The number of urea groups is 1. The highest BCUT2D eigenvalue weighted by molar-refractivity contribution is 5.98. The monoisotopic (exact) mass is 253 g/mol. The third-order valence-electron chi connectivity index (χ3n) is 1.88. The summed E-state index contributed by atoms with van der Waals surface area (Å²) in [6, 6.07) is -0.653. The van der Waals surface area contributed by atoms with Crippen molar-refractivity contribution in [2.75, 3.05) is 25.0 Å². The second-order valence-corrected chi connectivity index (χ2v) is 3.16. The lowest BCUT2D eigenvalue weighted by molar-refractivity contribution is 0.118. The first-order chi connectivity index (χ1) is 8.69. The second-order valence-electron chi connectivity index (χ2n) is 3.16. The second kappa shape index (κ2) is 7.17. The van der Waals surface area contributed by atoms with E-state index in [-0.39, 0.29) is 25.5 Å². The maximum atomic E-state index is 11.8. The number of nitrogens with two attached hydrogens (primary N) is 1. The summed E-state index contributed by atoms with van der Waals surface area (Å²) in [4.78, 5) is 31.8. The van der Waals surface area contributed by atoms with E-state index in [1.807, 2.05) is 0 Å². The molecule has 0 spiro atoms. The molecule has 0 aliphatic carbocycles. The number of rotatable bonds is 4. The Hall–Kier alpha value is -2.22. The topological polar surface area (TPSA) is 110 Å². The van der Waals surface area contributed by atoms with E-state index in [2.05, 4.69) is 15.3 Å². The summed E-state index contributed by atoms with van der Waals surface area (Å²) in [5.41, 5.74) is 5.34. The van der Waals surface area contributed by atoms with Gasteiger partial charge >= 0.3 is 12.1 Å². The Morgan fingerprint density at radius 2 is 2.28 bits per heavy atom. The van der Waals surface area contributed by atoms with E-state index >= 15 is 0 Å². The molecule has 18 heavy (non-hydrogen) atoms. The van der Waals surface area contributed by atoms with E-state index in [1.54, 1.807) is 6.92 Å². The molecule has 0 bridgehead atoms. The van der Waals surface area contributed by atoms with Crippen molar-refractivity contribution in [1.82, 2.24) is 14.9 Å². The lowest BCUT2D eigenvalue weighted by atomic mass is 10.5. The predicted molar refractivity (Wildman–Crippen MR) is 63.8 cm³/mol. The number of carbonyl (C=O) groups excluding carboxylic acids is 2. The molecule has 1 aromatic rings. The summed E-state index contributed by atoms with van der Waals surface area (Å²) in [5.74, 6) is 0.244. The maximum absolute atomic E-state index is 11.8. The molecule has 0 aromatic carbocycles. The molecule has 0 fully saturated rings. The van der Waals surface area contributed by atoms with Crippen molar-refractivity contribution in [3.63, 3.8) is 0 Å². The van der Waals surface area contributed by atoms with Crippen molar-refractivity contribution in [2.24, 2.45) is 5.73 Å². The van der Waals surface area contributed by atoms with Gasteiger partial charge in [-0.05, 0) is 6.92 Å². The molecule has 8 nitrogen and oxygen atoms in total. The van der Waals surface area contributed by atoms with Crippen LogP contribution in [0.3, 0.4) is 0 Å². The molecule has 1 heterocycles. The lowest BCUT2D eigenvalue weighted by Crippen LogP contribution is -2.43.